The molecular weight excluding hydrogens is 442 g/mol. The summed E-state index contributed by atoms with van der Waals surface area (Å²) >= 11 is 14.8. The van der Waals surface area contributed by atoms with Gasteiger partial charge >= 0.3 is 6.11 Å². The van der Waals surface area contributed by atoms with Crippen LogP contribution in [-0.2, 0) is 4.84 Å². The maximum Gasteiger partial charge on any atom is 0.446 e. The molecule has 0 fully saturated rings. The molecule has 0 aliphatic rings. The van der Waals surface area contributed by atoms with Gasteiger partial charge in [0, 0.05) is 20.1 Å². The van der Waals surface area contributed by atoms with Gasteiger partial charge in [0.2, 0.25) is 0 Å². The first kappa shape index (κ1) is 19.8. The second kappa shape index (κ2) is 7.81. The highest BCUT2D eigenvalue weighted by atomic mass is 79.9. The van der Waals surface area contributed by atoms with Gasteiger partial charge in [0.05, 0.1) is 11.3 Å². The highest BCUT2D eigenvalue weighted by Gasteiger charge is 2.37. The average Bonchev–Trinajstić information content (AvgIpc) is 2.51. The lowest BCUT2D eigenvalue weighted by atomic mass is 10.1. The molecule has 2 rings (SSSR count). The molecule has 25 heavy (non-hydrogen) atoms. The highest BCUT2D eigenvalue weighted by molar-refractivity contribution is 9.10. The summed E-state index contributed by atoms with van der Waals surface area (Å²) in [7, 11) is 0. The van der Waals surface area contributed by atoms with Crippen LogP contribution in [0.15, 0.2) is 52.6 Å². The van der Waals surface area contributed by atoms with E-state index in [1.54, 1.807) is 0 Å². The second-order valence-corrected chi connectivity index (χ2v) is 6.77. The normalized spacial score (nSPS) is 12.2. The molecule has 0 bridgehead atoms. The van der Waals surface area contributed by atoms with Crippen LogP contribution in [0.1, 0.15) is 18.1 Å². The molecule has 2 nitrogen and oxygen atoms in total. The molecule has 0 aromatic heterocycles. The Morgan fingerprint density at radius 3 is 2.32 bits per heavy atom. The van der Waals surface area contributed by atoms with Crippen molar-refractivity contribution in [1.82, 2.24) is 0 Å². The molecule has 0 spiro atoms. The SMILES string of the molecule is C=C(c1cc(Cl)cc(Cl)c1)C(F)(F)O/N=C(\C)c1ccc(F)cc1Br. The number of hydrogen-bond acceptors (Lipinski definition) is 2. The summed E-state index contributed by atoms with van der Waals surface area (Å²) in [6.45, 7) is 4.79. The van der Waals surface area contributed by atoms with Crippen LogP contribution in [0.3, 0.4) is 0 Å². The predicted octanol–water partition coefficient (Wildman–Crippen LogP) is 6.94. The maximum absolute atomic E-state index is 14.2. The summed E-state index contributed by atoms with van der Waals surface area (Å²) in [6, 6.07) is 7.77. The number of nitrogens with zero attached hydrogens (tertiary/aromatic N) is 1. The Morgan fingerprint density at radius 2 is 1.76 bits per heavy atom. The van der Waals surface area contributed by atoms with Crippen LogP contribution in [0, 0.1) is 5.82 Å². The fourth-order valence-electron chi connectivity index (χ4n) is 1.91. The third-order valence-corrected chi connectivity index (χ3v) is 4.27. The molecule has 0 saturated heterocycles. The lowest BCUT2D eigenvalue weighted by molar-refractivity contribution is -0.191. The molecule has 2 aromatic rings. The summed E-state index contributed by atoms with van der Waals surface area (Å²) in [4.78, 5) is 4.38. The van der Waals surface area contributed by atoms with Crippen LogP contribution >= 0.6 is 39.1 Å². The Labute approximate surface area is 161 Å². The zero-order valence-corrected chi connectivity index (χ0v) is 15.9. The summed E-state index contributed by atoms with van der Waals surface area (Å²) in [5.74, 6) is -0.471. The quantitative estimate of drug-likeness (QED) is 0.355. The van der Waals surface area contributed by atoms with E-state index in [1.165, 1.54) is 43.3 Å². The fraction of sp³-hybridized carbons (Fsp3) is 0.118. The van der Waals surface area contributed by atoms with Crippen molar-refractivity contribution in [2.24, 2.45) is 5.16 Å². The van der Waals surface area contributed by atoms with Gasteiger partial charge < -0.3 is 4.84 Å². The zero-order valence-electron chi connectivity index (χ0n) is 12.8. The van der Waals surface area contributed by atoms with E-state index in [4.69, 9.17) is 23.2 Å². The van der Waals surface area contributed by atoms with E-state index in [9.17, 15) is 13.2 Å². The molecule has 0 radical (unpaired) electrons. The fourth-order valence-corrected chi connectivity index (χ4v) is 3.07. The molecule has 2 aromatic carbocycles. The van der Waals surface area contributed by atoms with E-state index in [-0.39, 0.29) is 21.3 Å². The molecular formula is C17H11BrCl2F3NO. The van der Waals surface area contributed by atoms with Crippen LogP contribution in [0.25, 0.3) is 5.57 Å². The van der Waals surface area contributed by atoms with Gasteiger partial charge in [-0.25, -0.2) is 4.39 Å². The predicted molar refractivity (Wildman–Crippen MR) is 97.8 cm³/mol. The maximum atomic E-state index is 14.2. The van der Waals surface area contributed by atoms with Gasteiger partial charge in [0.25, 0.3) is 0 Å². The van der Waals surface area contributed by atoms with Crippen molar-refractivity contribution in [2.75, 3.05) is 0 Å². The van der Waals surface area contributed by atoms with Crippen molar-refractivity contribution in [3.63, 3.8) is 0 Å². The van der Waals surface area contributed by atoms with Gasteiger partial charge in [-0.2, -0.15) is 8.78 Å². The van der Waals surface area contributed by atoms with E-state index in [1.807, 2.05) is 0 Å². The van der Waals surface area contributed by atoms with Gasteiger partial charge in [0.1, 0.15) is 5.82 Å². The molecule has 0 aliphatic carbocycles. The van der Waals surface area contributed by atoms with E-state index in [2.05, 4.69) is 32.5 Å². The van der Waals surface area contributed by atoms with Crippen molar-refractivity contribution >= 4 is 50.4 Å². The minimum absolute atomic E-state index is 0.0262. The van der Waals surface area contributed by atoms with Crippen molar-refractivity contribution < 1.29 is 18.0 Å². The molecule has 0 heterocycles. The van der Waals surface area contributed by atoms with Crippen molar-refractivity contribution in [1.29, 1.82) is 0 Å². The lowest BCUT2D eigenvalue weighted by Gasteiger charge is -2.17. The number of benzene rings is 2. The van der Waals surface area contributed by atoms with Gasteiger partial charge in [-0.15, -0.1) is 0 Å². The molecule has 0 unspecified atom stereocenters. The van der Waals surface area contributed by atoms with Gasteiger partial charge in [-0.05, 0) is 48.9 Å². The Hall–Kier alpha value is -1.50. The lowest BCUT2D eigenvalue weighted by Crippen LogP contribution is -2.20. The largest absolute Gasteiger partial charge is 0.446 e. The third kappa shape index (κ3) is 5.00. The van der Waals surface area contributed by atoms with Crippen LogP contribution in [0.5, 0.6) is 0 Å². The number of alkyl halides is 2. The Morgan fingerprint density at radius 1 is 1.16 bits per heavy atom. The van der Waals surface area contributed by atoms with E-state index in [0.29, 0.717) is 10.0 Å². The van der Waals surface area contributed by atoms with Crippen LogP contribution in [-0.4, -0.2) is 11.8 Å². The zero-order chi connectivity index (χ0) is 18.8. The van der Waals surface area contributed by atoms with E-state index < -0.39 is 17.5 Å². The molecule has 8 heteroatoms. The first-order chi connectivity index (χ1) is 11.6. The first-order valence-electron chi connectivity index (χ1n) is 6.82. The summed E-state index contributed by atoms with van der Waals surface area (Å²) in [6.07, 6.45) is -3.79. The Kier molecular flexibility index (Phi) is 6.19. The van der Waals surface area contributed by atoms with Gasteiger partial charge in [0.15, 0.2) is 0 Å². The van der Waals surface area contributed by atoms with Crippen LogP contribution < -0.4 is 0 Å². The monoisotopic (exact) mass is 451 g/mol. The number of hydrogen-bond donors (Lipinski definition) is 0. The van der Waals surface area contributed by atoms with Crippen LogP contribution in [0.4, 0.5) is 13.2 Å². The summed E-state index contributed by atoms with van der Waals surface area (Å²) < 4.78 is 41.9. The number of oxime groups is 1. The smallest absolute Gasteiger partial charge is 0.318 e. The van der Waals surface area contributed by atoms with Gasteiger partial charge in [-0.1, -0.05) is 50.9 Å². The molecule has 132 valence electrons. The summed E-state index contributed by atoms with van der Waals surface area (Å²) in [5.41, 5.74) is -0.0815. The molecule has 0 saturated carbocycles. The second-order valence-electron chi connectivity index (χ2n) is 5.05. The van der Waals surface area contributed by atoms with E-state index >= 15 is 0 Å². The first-order valence-corrected chi connectivity index (χ1v) is 8.37. The number of halogens is 6. The molecule has 0 N–H and O–H groups in total. The Bertz CT molecular complexity index is 836. The van der Waals surface area contributed by atoms with Crippen molar-refractivity contribution in [3.05, 3.63) is 74.4 Å². The minimum Gasteiger partial charge on any atom is -0.318 e. The Balaban J connectivity index is 2.23. The standard InChI is InChI=1S/C17H11BrCl2F3NO/c1-9(11-5-12(19)7-13(20)6-11)17(22,23)25-24-10(2)15-4-3-14(21)8-16(15)18/h3-8H,1H2,2H3/b24-10+. The van der Waals surface area contributed by atoms with Crippen LogP contribution in [0.2, 0.25) is 10.0 Å². The molecule has 0 aliphatic heterocycles. The average molecular weight is 453 g/mol. The van der Waals surface area contributed by atoms with Gasteiger partial charge in [-0.3, -0.25) is 0 Å². The minimum atomic E-state index is -3.79. The van der Waals surface area contributed by atoms with Crippen molar-refractivity contribution in [3.8, 4) is 0 Å². The molecule has 0 atom stereocenters. The number of rotatable bonds is 5. The van der Waals surface area contributed by atoms with Crippen molar-refractivity contribution in [2.45, 2.75) is 13.0 Å². The highest BCUT2D eigenvalue weighted by Crippen LogP contribution is 2.35. The topological polar surface area (TPSA) is 21.6 Å². The third-order valence-electron chi connectivity index (χ3n) is 3.18. The summed E-state index contributed by atoms with van der Waals surface area (Å²) in [5, 5.41) is 3.81. The molecule has 0 amide bonds. The van der Waals surface area contributed by atoms with E-state index in [0.717, 1.165) is 0 Å².